The topological polar surface area (TPSA) is 52.9 Å². The highest BCUT2D eigenvalue weighted by atomic mass is 16.1. The number of rotatable bonds is 11. The van der Waals surface area contributed by atoms with Crippen molar-refractivity contribution in [2.24, 2.45) is 0 Å². The lowest BCUT2D eigenvalue weighted by Crippen LogP contribution is -2.23. The molecule has 1 amide bonds. The van der Waals surface area contributed by atoms with Crippen LogP contribution in [-0.4, -0.2) is 12.5 Å². The minimum atomic E-state index is -0.146. The molecule has 0 radical (unpaired) electrons. The van der Waals surface area contributed by atoms with Crippen LogP contribution in [-0.2, 0) is 4.79 Å². The van der Waals surface area contributed by atoms with E-state index < -0.39 is 0 Å². The first-order valence-electron chi connectivity index (χ1n) is 6.95. The number of nitrogens with zero attached hydrogens (tertiary/aromatic N) is 1. The summed E-state index contributed by atoms with van der Waals surface area (Å²) in [6.45, 7) is 2.96. The zero-order valence-electron chi connectivity index (χ0n) is 11.1. The van der Waals surface area contributed by atoms with Crippen LogP contribution in [0.1, 0.15) is 71.1 Å². The van der Waals surface area contributed by atoms with Gasteiger partial charge in [-0.25, -0.2) is 0 Å². The SMILES string of the molecule is CCCCCCCCCCCNC(=O)CC#N. The Morgan fingerprint density at radius 2 is 1.53 bits per heavy atom. The van der Waals surface area contributed by atoms with Gasteiger partial charge in [-0.05, 0) is 6.42 Å². The van der Waals surface area contributed by atoms with Crippen LogP contribution < -0.4 is 5.32 Å². The van der Waals surface area contributed by atoms with E-state index in [1.54, 1.807) is 0 Å². The van der Waals surface area contributed by atoms with Crippen LogP contribution >= 0.6 is 0 Å². The maximum absolute atomic E-state index is 10.9. The largest absolute Gasteiger partial charge is 0.355 e. The summed E-state index contributed by atoms with van der Waals surface area (Å²) in [7, 11) is 0. The second kappa shape index (κ2) is 13.0. The summed E-state index contributed by atoms with van der Waals surface area (Å²) >= 11 is 0. The summed E-state index contributed by atoms with van der Waals surface area (Å²) in [5, 5.41) is 11.0. The number of nitriles is 1. The van der Waals surface area contributed by atoms with E-state index in [1.807, 2.05) is 6.07 Å². The standard InChI is InChI=1S/C14H26N2O/c1-2-3-4-5-6-7-8-9-10-13-16-14(17)11-12-15/h2-11,13H2,1H3,(H,16,17). The highest BCUT2D eigenvalue weighted by Crippen LogP contribution is 2.09. The number of carbonyl (C=O) groups excluding carboxylic acids is 1. The first kappa shape index (κ1) is 16.0. The average Bonchev–Trinajstić information content (AvgIpc) is 2.32. The Hall–Kier alpha value is -1.04. The zero-order valence-corrected chi connectivity index (χ0v) is 11.1. The molecule has 3 nitrogen and oxygen atoms in total. The number of carbonyl (C=O) groups is 1. The molecule has 0 aliphatic heterocycles. The number of amides is 1. The second-order valence-corrected chi connectivity index (χ2v) is 4.51. The molecule has 0 fully saturated rings. The fourth-order valence-electron chi connectivity index (χ4n) is 1.80. The molecule has 1 N–H and O–H groups in total. The Labute approximate surface area is 106 Å². The monoisotopic (exact) mass is 238 g/mol. The third-order valence-corrected chi connectivity index (χ3v) is 2.84. The van der Waals surface area contributed by atoms with Crippen LogP contribution in [0.2, 0.25) is 0 Å². The fourth-order valence-corrected chi connectivity index (χ4v) is 1.80. The molecule has 0 bridgehead atoms. The Balaban J connectivity index is 3.04. The van der Waals surface area contributed by atoms with E-state index in [0.29, 0.717) is 0 Å². The predicted octanol–water partition coefficient (Wildman–Crippen LogP) is 3.55. The van der Waals surface area contributed by atoms with Crippen molar-refractivity contribution in [2.75, 3.05) is 6.54 Å². The summed E-state index contributed by atoms with van der Waals surface area (Å²) in [5.41, 5.74) is 0. The fraction of sp³-hybridized carbons (Fsp3) is 0.857. The van der Waals surface area contributed by atoms with Crippen LogP contribution in [0.5, 0.6) is 0 Å². The number of hydrogen-bond donors (Lipinski definition) is 1. The van der Waals surface area contributed by atoms with Gasteiger partial charge in [-0.2, -0.15) is 5.26 Å². The third-order valence-electron chi connectivity index (χ3n) is 2.84. The van der Waals surface area contributed by atoms with E-state index in [9.17, 15) is 4.79 Å². The molecule has 0 rings (SSSR count). The van der Waals surface area contributed by atoms with Crippen LogP contribution in [0, 0.1) is 11.3 Å². The van der Waals surface area contributed by atoms with Crippen LogP contribution in [0.3, 0.4) is 0 Å². The molecule has 98 valence electrons. The summed E-state index contributed by atoms with van der Waals surface area (Å²) in [5.74, 6) is -0.146. The van der Waals surface area contributed by atoms with Gasteiger partial charge in [0.25, 0.3) is 0 Å². The van der Waals surface area contributed by atoms with E-state index >= 15 is 0 Å². The van der Waals surface area contributed by atoms with Crippen molar-refractivity contribution in [3.8, 4) is 6.07 Å². The Morgan fingerprint density at radius 1 is 1.00 bits per heavy atom. The van der Waals surface area contributed by atoms with Crippen LogP contribution in [0.25, 0.3) is 0 Å². The van der Waals surface area contributed by atoms with Gasteiger partial charge in [0.05, 0.1) is 6.07 Å². The molecule has 0 spiro atoms. The van der Waals surface area contributed by atoms with Gasteiger partial charge in [0.1, 0.15) is 6.42 Å². The number of nitrogens with one attached hydrogen (secondary N) is 1. The molecule has 0 saturated heterocycles. The first-order chi connectivity index (χ1) is 8.31. The van der Waals surface area contributed by atoms with Crippen molar-refractivity contribution >= 4 is 5.91 Å². The molecule has 17 heavy (non-hydrogen) atoms. The molecule has 0 aromatic rings. The van der Waals surface area contributed by atoms with E-state index in [2.05, 4.69) is 12.2 Å². The quantitative estimate of drug-likeness (QED) is 0.560. The van der Waals surface area contributed by atoms with Gasteiger partial charge in [0.2, 0.25) is 5.91 Å². The van der Waals surface area contributed by atoms with Crippen molar-refractivity contribution in [1.29, 1.82) is 5.26 Å². The highest BCUT2D eigenvalue weighted by molar-refractivity contribution is 5.77. The molecular formula is C14H26N2O. The number of unbranched alkanes of at least 4 members (excludes halogenated alkanes) is 8. The Morgan fingerprint density at radius 3 is 2.06 bits per heavy atom. The molecule has 0 saturated carbocycles. The summed E-state index contributed by atoms with van der Waals surface area (Å²) < 4.78 is 0. The first-order valence-corrected chi connectivity index (χ1v) is 6.95. The van der Waals surface area contributed by atoms with Gasteiger partial charge in [-0.15, -0.1) is 0 Å². The van der Waals surface area contributed by atoms with Crippen molar-refractivity contribution in [3.63, 3.8) is 0 Å². The maximum atomic E-state index is 10.9. The van der Waals surface area contributed by atoms with E-state index in [-0.39, 0.29) is 12.3 Å². The van der Waals surface area contributed by atoms with Crippen LogP contribution in [0.4, 0.5) is 0 Å². The minimum absolute atomic E-state index is 0.0164. The average molecular weight is 238 g/mol. The van der Waals surface area contributed by atoms with E-state index in [4.69, 9.17) is 5.26 Å². The zero-order chi connectivity index (χ0) is 12.8. The van der Waals surface area contributed by atoms with Gasteiger partial charge in [-0.3, -0.25) is 4.79 Å². The van der Waals surface area contributed by atoms with Gasteiger partial charge >= 0.3 is 0 Å². The van der Waals surface area contributed by atoms with Crippen molar-refractivity contribution in [1.82, 2.24) is 5.32 Å². The third kappa shape index (κ3) is 12.9. The minimum Gasteiger partial charge on any atom is -0.355 e. The lowest BCUT2D eigenvalue weighted by atomic mass is 10.1. The molecule has 0 aliphatic carbocycles. The lowest BCUT2D eigenvalue weighted by molar-refractivity contribution is -0.120. The summed E-state index contributed by atoms with van der Waals surface area (Å²) in [6, 6.07) is 1.84. The van der Waals surface area contributed by atoms with E-state index in [0.717, 1.165) is 13.0 Å². The van der Waals surface area contributed by atoms with Crippen molar-refractivity contribution < 1.29 is 4.79 Å². The van der Waals surface area contributed by atoms with Crippen LogP contribution in [0.15, 0.2) is 0 Å². The molecule has 3 heteroatoms. The molecule has 0 aromatic heterocycles. The maximum Gasteiger partial charge on any atom is 0.234 e. The predicted molar refractivity (Wildman–Crippen MR) is 70.5 cm³/mol. The van der Waals surface area contributed by atoms with Crippen molar-refractivity contribution in [3.05, 3.63) is 0 Å². The van der Waals surface area contributed by atoms with Gasteiger partial charge in [0, 0.05) is 6.54 Å². The second-order valence-electron chi connectivity index (χ2n) is 4.51. The van der Waals surface area contributed by atoms with Gasteiger partial charge < -0.3 is 5.32 Å². The Bertz CT molecular complexity index is 221. The molecular weight excluding hydrogens is 212 g/mol. The molecule has 0 heterocycles. The van der Waals surface area contributed by atoms with Gasteiger partial charge in [0.15, 0.2) is 0 Å². The molecule has 0 unspecified atom stereocenters. The van der Waals surface area contributed by atoms with Crippen molar-refractivity contribution in [2.45, 2.75) is 71.1 Å². The summed E-state index contributed by atoms with van der Waals surface area (Å²) in [4.78, 5) is 10.9. The lowest BCUT2D eigenvalue weighted by Gasteiger charge is -2.03. The number of hydrogen-bond acceptors (Lipinski definition) is 2. The molecule has 0 aliphatic rings. The molecule has 0 atom stereocenters. The molecule has 0 aromatic carbocycles. The van der Waals surface area contributed by atoms with Gasteiger partial charge in [-0.1, -0.05) is 58.3 Å². The smallest absolute Gasteiger partial charge is 0.234 e. The Kier molecular flexibility index (Phi) is 12.2. The normalized spacial score (nSPS) is 9.88. The highest BCUT2D eigenvalue weighted by Gasteiger charge is 1.97. The summed E-state index contributed by atoms with van der Waals surface area (Å²) in [6.07, 6.45) is 11.5. The van der Waals surface area contributed by atoms with E-state index in [1.165, 1.54) is 51.4 Å².